The Hall–Kier alpha value is -2.24. The molecule has 4 rings (SSSR count). The number of ketones is 1. The summed E-state index contributed by atoms with van der Waals surface area (Å²) in [6.07, 6.45) is 5.50. The van der Waals surface area contributed by atoms with Crippen molar-refractivity contribution in [2.24, 2.45) is 0 Å². The molecule has 0 aliphatic carbocycles. The smallest absolute Gasteiger partial charge is 0.151 e. The zero-order valence-corrected chi connectivity index (χ0v) is 18.8. The molecule has 3 atom stereocenters. The summed E-state index contributed by atoms with van der Waals surface area (Å²) < 4.78 is 6.16. The number of nitrogens with one attached hydrogen (secondary N) is 1. The van der Waals surface area contributed by atoms with Crippen LogP contribution in [-0.2, 0) is 16.0 Å². The predicted molar refractivity (Wildman–Crippen MR) is 124 cm³/mol. The topological polar surface area (TPSA) is 54.5 Å². The second-order valence-corrected chi connectivity index (χ2v) is 9.01. The van der Waals surface area contributed by atoms with Gasteiger partial charge in [-0.1, -0.05) is 43.3 Å². The highest BCUT2D eigenvalue weighted by molar-refractivity contribution is 5.83. The van der Waals surface area contributed by atoms with Crippen LogP contribution >= 0.6 is 0 Å². The summed E-state index contributed by atoms with van der Waals surface area (Å²) in [6.45, 7) is 7.50. The van der Waals surface area contributed by atoms with Crippen LogP contribution in [0.15, 0.2) is 42.5 Å². The summed E-state index contributed by atoms with van der Waals surface area (Å²) in [5.41, 5.74) is 3.60. The van der Waals surface area contributed by atoms with Crippen molar-refractivity contribution >= 4 is 11.6 Å². The predicted octanol–water partition coefficient (Wildman–Crippen LogP) is 4.74. The van der Waals surface area contributed by atoms with E-state index >= 15 is 0 Å². The van der Waals surface area contributed by atoms with Crippen molar-refractivity contribution in [1.82, 2.24) is 9.88 Å². The van der Waals surface area contributed by atoms with Gasteiger partial charge in [0.05, 0.1) is 12.1 Å². The van der Waals surface area contributed by atoms with Crippen LogP contribution < -0.4 is 5.32 Å². The zero-order chi connectivity index (χ0) is 21.6. The maximum atomic E-state index is 12.3. The number of Topliss-reactive ketones (excluding diaryl/α,β-unsaturated/α-hetero) is 1. The van der Waals surface area contributed by atoms with E-state index in [0.717, 1.165) is 63.3 Å². The molecule has 0 amide bonds. The van der Waals surface area contributed by atoms with Crippen molar-refractivity contribution in [2.75, 3.05) is 31.6 Å². The van der Waals surface area contributed by atoms with Crippen molar-refractivity contribution in [1.29, 1.82) is 0 Å². The van der Waals surface area contributed by atoms with Crippen LogP contribution in [0.25, 0.3) is 0 Å². The Morgan fingerprint density at radius 2 is 2.03 bits per heavy atom. The van der Waals surface area contributed by atoms with Gasteiger partial charge in [0.2, 0.25) is 0 Å². The number of aryl methyl sites for hydroxylation is 1. The summed E-state index contributed by atoms with van der Waals surface area (Å²) in [4.78, 5) is 19.4. The fourth-order valence-corrected chi connectivity index (χ4v) is 4.87. The maximum absolute atomic E-state index is 12.3. The molecule has 1 saturated heterocycles. The van der Waals surface area contributed by atoms with Crippen LogP contribution in [0.4, 0.5) is 5.82 Å². The van der Waals surface area contributed by atoms with Crippen LogP contribution in [0.2, 0.25) is 0 Å². The molecule has 5 heteroatoms. The minimum atomic E-state index is -0.152. The molecule has 31 heavy (non-hydrogen) atoms. The monoisotopic (exact) mass is 421 g/mol. The van der Waals surface area contributed by atoms with Crippen molar-refractivity contribution < 1.29 is 9.53 Å². The quantitative estimate of drug-likeness (QED) is 0.593. The van der Waals surface area contributed by atoms with Gasteiger partial charge in [-0.15, -0.1) is 0 Å². The van der Waals surface area contributed by atoms with Crippen molar-refractivity contribution in [3.05, 3.63) is 59.3 Å². The highest BCUT2D eigenvalue weighted by atomic mass is 16.5. The molecule has 2 aliphatic rings. The number of benzene rings is 1. The summed E-state index contributed by atoms with van der Waals surface area (Å²) in [7, 11) is 0. The number of hydrogen-bond donors (Lipinski definition) is 1. The highest BCUT2D eigenvalue weighted by Crippen LogP contribution is 2.30. The zero-order valence-electron chi connectivity index (χ0n) is 18.8. The number of fused-ring (bicyclic) bond motifs is 1. The molecule has 1 fully saturated rings. The lowest BCUT2D eigenvalue weighted by Gasteiger charge is -2.26. The van der Waals surface area contributed by atoms with Gasteiger partial charge in [0.1, 0.15) is 5.82 Å². The van der Waals surface area contributed by atoms with Crippen LogP contribution in [0.3, 0.4) is 0 Å². The Balaban J connectivity index is 1.19. The molecule has 1 unspecified atom stereocenters. The molecule has 1 aromatic carbocycles. The van der Waals surface area contributed by atoms with Gasteiger partial charge in [-0.3, -0.25) is 9.69 Å². The van der Waals surface area contributed by atoms with E-state index in [0.29, 0.717) is 5.92 Å². The summed E-state index contributed by atoms with van der Waals surface area (Å²) >= 11 is 0. The van der Waals surface area contributed by atoms with E-state index in [9.17, 15) is 4.79 Å². The SMILES string of the molecule is CC(=O)[C@H](c1ccccc1)N1CC[C@@H](OCCCCc2ccc3c(n2)NCCC3C)C1. The molecule has 0 saturated carbocycles. The van der Waals surface area contributed by atoms with E-state index in [1.54, 1.807) is 6.92 Å². The van der Waals surface area contributed by atoms with Gasteiger partial charge in [0, 0.05) is 31.9 Å². The summed E-state index contributed by atoms with van der Waals surface area (Å²) in [5, 5.41) is 3.44. The normalized spacial score (nSPS) is 22.0. The van der Waals surface area contributed by atoms with Gasteiger partial charge in [-0.25, -0.2) is 4.98 Å². The van der Waals surface area contributed by atoms with Gasteiger partial charge in [-0.05, 0) is 62.1 Å². The number of hydrogen-bond acceptors (Lipinski definition) is 5. The summed E-state index contributed by atoms with van der Waals surface area (Å²) in [6, 6.07) is 14.4. The van der Waals surface area contributed by atoms with Crippen LogP contribution in [0.5, 0.6) is 0 Å². The Morgan fingerprint density at radius 1 is 1.19 bits per heavy atom. The molecule has 5 nitrogen and oxygen atoms in total. The number of pyridine rings is 1. The largest absolute Gasteiger partial charge is 0.377 e. The average Bonchev–Trinajstić information content (AvgIpc) is 3.22. The number of carbonyl (C=O) groups is 1. The van der Waals surface area contributed by atoms with Crippen molar-refractivity contribution in [3.63, 3.8) is 0 Å². The molecular formula is C26H35N3O2. The number of carbonyl (C=O) groups excluding carboxylic acids is 1. The first-order chi connectivity index (χ1) is 15.1. The number of nitrogens with zero attached hydrogens (tertiary/aromatic N) is 2. The molecular weight excluding hydrogens is 386 g/mol. The third-order valence-electron chi connectivity index (χ3n) is 6.61. The first-order valence-corrected chi connectivity index (χ1v) is 11.8. The first kappa shape index (κ1) is 22.0. The minimum absolute atomic E-state index is 0.152. The van der Waals surface area contributed by atoms with Gasteiger partial charge in [-0.2, -0.15) is 0 Å². The number of rotatable bonds is 9. The fourth-order valence-electron chi connectivity index (χ4n) is 4.87. The van der Waals surface area contributed by atoms with Crippen LogP contribution in [-0.4, -0.2) is 48.0 Å². The second-order valence-electron chi connectivity index (χ2n) is 9.01. The number of aromatic nitrogens is 1. The Labute approximate surface area is 186 Å². The lowest BCUT2D eigenvalue weighted by molar-refractivity contribution is -0.122. The highest BCUT2D eigenvalue weighted by Gasteiger charge is 2.32. The standard InChI is InChI=1S/C26H35N3O2/c1-19-13-15-27-26-24(19)12-11-22(28-26)10-6-7-17-31-23-14-16-29(18-23)25(20(2)30)21-8-4-3-5-9-21/h3-5,8-9,11-12,19,23,25H,6-7,10,13-18H2,1-2H3,(H,27,28)/t19?,23-,25-/m1/s1. The van der Waals surface area contributed by atoms with E-state index < -0.39 is 0 Å². The van der Waals surface area contributed by atoms with Gasteiger partial charge < -0.3 is 10.1 Å². The molecule has 2 aliphatic heterocycles. The second kappa shape index (κ2) is 10.4. The molecule has 1 N–H and O–H groups in total. The summed E-state index contributed by atoms with van der Waals surface area (Å²) in [5.74, 6) is 1.88. The molecule has 166 valence electrons. The number of unbranched alkanes of at least 4 members (excludes halogenated alkanes) is 1. The number of anilines is 1. The molecule has 2 aromatic rings. The molecule has 3 heterocycles. The minimum Gasteiger partial charge on any atom is -0.377 e. The fraction of sp³-hybridized carbons (Fsp3) is 0.538. The number of likely N-dealkylation sites (tertiary alicyclic amines) is 1. The molecule has 0 bridgehead atoms. The van der Waals surface area contributed by atoms with E-state index in [4.69, 9.17) is 9.72 Å². The number of ether oxygens (including phenoxy) is 1. The Morgan fingerprint density at radius 3 is 2.84 bits per heavy atom. The maximum Gasteiger partial charge on any atom is 0.151 e. The molecule has 0 spiro atoms. The average molecular weight is 422 g/mol. The first-order valence-electron chi connectivity index (χ1n) is 11.8. The van der Waals surface area contributed by atoms with Gasteiger partial charge in [0.25, 0.3) is 0 Å². The van der Waals surface area contributed by atoms with E-state index in [-0.39, 0.29) is 17.9 Å². The third kappa shape index (κ3) is 5.52. The van der Waals surface area contributed by atoms with Gasteiger partial charge in [0.15, 0.2) is 5.78 Å². The van der Waals surface area contributed by atoms with Gasteiger partial charge >= 0.3 is 0 Å². The van der Waals surface area contributed by atoms with E-state index in [1.165, 1.54) is 17.7 Å². The molecule has 0 radical (unpaired) electrons. The third-order valence-corrected chi connectivity index (χ3v) is 6.61. The van der Waals surface area contributed by atoms with Crippen LogP contribution in [0.1, 0.15) is 68.3 Å². The Bertz CT molecular complexity index is 870. The van der Waals surface area contributed by atoms with E-state index in [1.807, 2.05) is 30.3 Å². The lowest BCUT2D eigenvalue weighted by Crippen LogP contribution is -2.32. The van der Waals surface area contributed by atoms with Crippen LogP contribution in [0, 0.1) is 0 Å². The lowest BCUT2D eigenvalue weighted by atomic mass is 9.95. The van der Waals surface area contributed by atoms with Crippen molar-refractivity contribution in [3.8, 4) is 0 Å². The Kier molecular flexibility index (Phi) is 7.36. The van der Waals surface area contributed by atoms with E-state index in [2.05, 4.69) is 29.3 Å². The molecule has 1 aromatic heterocycles. The van der Waals surface area contributed by atoms with Crippen molar-refractivity contribution in [2.45, 2.75) is 64.0 Å².